The van der Waals surface area contributed by atoms with Crippen molar-refractivity contribution >= 4 is 55.0 Å². The molecule has 0 radical (unpaired) electrons. The van der Waals surface area contributed by atoms with Crippen LogP contribution in [0.2, 0.25) is 0 Å². The number of hydrogen-bond acceptors (Lipinski definition) is 6. The smallest absolute Gasteiger partial charge is 0.260 e. The van der Waals surface area contributed by atoms with Gasteiger partial charge >= 0.3 is 0 Å². The van der Waals surface area contributed by atoms with Crippen molar-refractivity contribution in [3.05, 3.63) is 53.1 Å². The third-order valence-corrected chi connectivity index (χ3v) is 8.21. The lowest BCUT2D eigenvalue weighted by Gasteiger charge is -2.21. The van der Waals surface area contributed by atoms with Crippen LogP contribution in [0.3, 0.4) is 0 Å². The van der Waals surface area contributed by atoms with Gasteiger partial charge in [0.2, 0.25) is 10.0 Å². The molecule has 0 aliphatic heterocycles. The van der Waals surface area contributed by atoms with Crippen LogP contribution in [0.1, 0.15) is 27.9 Å². The number of hydrogen-bond donors (Lipinski definition) is 0. The minimum absolute atomic E-state index is 0. The molecule has 10 heteroatoms. The fourth-order valence-electron chi connectivity index (χ4n) is 3.45. The SMILES string of the molecule is Cc1cc(C)c2sc(N(CCCN(C)C)C(=O)c3ccc(S(=O)(=O)N(C)C)cc3)nc2c1.Cl. The minimum Gasteiger partial charge on any atom is -0.309 e. The van der Waals surface area contributed by atoms with Gasteiger partial charge in [0.25, 0.3) is 5.91 Å². The van der Waals surface area contributed by atoms with Crippen LogP contribution < -0.4 is 4.90 Å². The van der Waals surface area contributed by atoms with E-state index < -0.39 is 10.0 Å². The lowest BCUT2D eigenvalue weighted by molar-refractivity contribution is 0.0986. The monoisotopic (exact) mass is 510 g/mol. The summed E-state index contributed by atoms with van der Waals surface area (Å²) in [6.07, 6.45) is 0.791. The lowest BCUT2D eigenvalue weighted by Crippen LogP contribution is -2.33. The topological polar surface area (TPSA) is 73.8 Å². The summed E-state index contributed by atoms with van der Waals surface area (Å²) in [6, 6.07) is 10.2. The van der Waals surface area contributed by atoms with Crippen LogP contribution in [-0.4, -0.2) is 69.8 Å². The van der Waals surface area contributed by atoms with Gasteiger partial charge in [0, 0.05) is 26.2 Å². The number of anilines is 1. The second-order valence-corrected chi connectivity index (χ2v) is 11.5. The summed E-state index contributed by atoms with van der Waals surface area (Å²) >= 11 is 1.51. The Kier molecular flexibility index (Phi) is 9.01. The largest absolute Gasteiger partial charge is 0.309 e. The van der Waals surface area contributed by atoms with Crippen LogP contribution in [0.25, 0.3) is 10.2 Å². The first-order chi connectivity index (χ1) is 15.0. The number of halogens is 1. The number of sulfonamides is 1. The number of carbonyl (C=O) groups is 1. The van der Waals surface area contributed by atoms with Gasteiger partial charge in [-0.25, -0.2) is 17.7 Å². The lowest BCUT2D eigenvalue weighted by atomic mass is 10.1. The van der Waals surface area contributed by atoms with Crippen molar-refractivity contribution in [2.75, 3.05) is 46.2 Å². The Labute approximate surface area is 206 Å². The molecule has 0 aliphatic rings. The quantitative estimate of drug-likeness (QED) is 0.454. The molecule has 0 saturated heterocycles. The van der Waals surface area contributed by atoms with Crippen LogP contribution in [0.15, 0.2) is 41.3 Å². The zero-order valence-corrected chi connectivity index (χ0v) is 22.3. The molecule has 1 amide bonds. The predicted molar refractivity (Wildman–Crippen MR) is 139 cm³/mol. The van der Waals surface area contributed by atoms with Gasteiger partial charge in [0.15, 0.2) is 5.13 Å². The van der Waals surface area contributed by atoms with Crippen molar-refractivity contribution < 1.29 is 13.2 Å². The van der Waals surface area contributed by atoms with E-state index in [0.29, 0.717) is 17.2 Å². The first-order valence-corrected chi connectivity index (χ1v) is 12.6. The number of benzene rings is 2. The first kappa shape index (κ1) is 27.2. The van der Waals surface area contributed by atoms with Crippen LogP contribution in [0, 0.1) is 13.8 Å². The first-order valence-electron chi connectivity index (χ1n) is 10.4. The minimum atomic E-state index is -3.55. The second-order valence-electron chi connectivity index (χ2n) is 8.35. The van der Waals surface area contributed by atoms with Gasteiger partial charge < -0.3 is 4.90 Å². The van der Waals surface area contributed by atoms with Crippen LogP contribution in [0.5, 0.6) is 0 Å². The van der Waals surface area contributed by atoms with E-state index in [1.54, 1.807) is 17.0 Å². The highest BCUT2D eigenvalue weighted by Crippen LogP contribution is 2.33. The standard InChI is InChI=1S/C23H30N4O3S2.ClH/c1-16-14-17(2)21-20(15-16)24-23(31-21)27(13-7-12-25(3)4)22(28)18-8-10-19(11-9-18)32(29,30)26(5)6;/h8-11,14-15H,7,12-13H2,1-6H3;1H. The van der Waals surface area contributed by atoms with E-state index in [1.807, 2.05) is 27.1 Å². The summed E-state index contributed by atoms with van der Waals surface area (Å²) < 4.78 is 26.9. The maximum absolute atomic E-state index is 13.5. The molecule has 0 unspecified atom stereocenters. The van der Waals surface area contributed by atoms with E-state index >= 15 is 0 Å². The number of carbonyl (C=O) groups excluding carboxylic acids is 1. The Balaban J connectivity index is 0.00000385. The van der Waals surface area contributed by atoms with E-state index in [2.05, 4.69) is 17.9 Å². The van der Waals surface area contributed by atoms with Gasteiger partial charge in [-0.15, -0.1) is 12.4 Å². The molecule has 3 rings (SSSR count). The molecule has 2 aromatic carbocycles. The number of amides is 1. The second kappa shape index (κ2) is 10.9. The maximum atomic E-state index is 13.5. The molecular weight excluding hydrogens is 480 g/mol. The molecule has 0 fully saturated rings. The zero-order valence-electron chi connectivity index (χ0n) is 19.8. The van der Waals surface area contributed by atoms with Gasteiger partial charge in [-0.3, -0.25) is 9.69 Å². The van der Waals surface area contributed by atoms with Crippen LogP contribution >= 0.6 is 23.7 Å². The fourth-order valence-corrected chi connectivity index (χ4v) is 5.39. The number of rotatable bonds is 8. The Hall–Kier alpha value is -2.04. The number of aryl methyl sites for hydroxylation is 2. The molecule has 7 nitrogen and oxygen atoms in total. The summed E-state index contributed by atoms with van der Waals surface area (Å²) in [5, 5.41) is 0.655. The Bertz CT molecular complexity index is 1220. The van der Waals surface area contributed by atoms with Crippen molar-refractivity contribution in [1.82, 2.24) is 14.2 Å². The van der Waals surface area contributed by atoms with Crippen LogP contribution in [0.4, 0.5) is 5.13 Å². The average molecular weight is 511 g/mol. The van der Waals surface area contributed by atoms with E-state index in [4.69, 9.17) is 4.98 Å². The van der Waals surface area contributed by atoms with Crippen LogP contribution in [-0.2, 0) is 10.0 Å². The number of thiazole rings is 1. The predicted octanol–water partition coefficient (Wildman–Crippen LogP) is 4.18. The molecule has 0 N–H and O–H groups in total. The fraction of sp³-hybridized carbons (Fsp3) is 0.391. The molecule has 0 spiro atoms. The van der Waals surface area contributed by atoms with Crippen molar-refractivity contribution in [1.29, 1.82) is 0 Å². The molecule has 0 aliphatic carbocycles. The molecule has 0 bridgehead atoms. The number of aromatic nitrogens is 1. The average Bonchev–Trinajstić information content (AvgIpc) is 3.14. The van der Waals surface area contributed by atoms with Gasteiger partial charge in [0.05, 0.1) is 15.1 Å². The summed E-state index contributed by atoms with van der Waals surface area (Å²) in [6.45, 7) is 5.45. The van der Waals surface area contributed by atoms with Crippen molar-refractivity contribution in [3.63, 3.8) is 0 Å². The molecule has 0 saturated carbocycles. The van der Waals surface area contributed by atoms with Gasteiger partial charge in [-0.1, -0.05) is 17.4 Å². The number of fused-ring (bicyclic) bond motifs is 1. The van der Waals surface area contributed by atoms with Gasteiger partial charge in [-0.2, -0.15) is 0 Å². The van der Waals surface area contributed by atoms with E-state index in [9.17, 15) is 13.2 Å². The highest BCUT2D eigenvalue weighted by molar-refractivity contribution is 7.89. The number of nitrogens with zero attached hydrogens (tertiary/aromatic N) is 4. The normalized spacial score (nSPS) is 11.8. The molecule has 1 heterocycles. The molecule has 0 atom stereocenters. The third-order valence-electron chi connectivity index (χ3n) is 5.15. The Morgan fingerprint density at radius 2 is 1.64 bits per heavy atom. The van der Waals surface area contributed by atoms with E-state index in [-0.39, 0.29) is 23.2 Å². The summed E-state index contributed by atoms with van der Waals surface area (Å²) in [4.78, 5) is 22.2. The van der Waals surface area contributed by atoms with Crippen molar-refractivity contribution in [2.24, 2.45) is 0 Å². The maximum Gasteiger partial charge on any atom is 0.260 e. The van der Waals surface area contributed by atoms with Gasteiger partial charge in [-0.05, 0) is 82.4 Å². The zero-order chi connectivity index (χ0) is 23.6. The molecule has 180 valence electrons. The highest BCUT2D eigenvalue weighted by atomic mass is 35.5. The molecule has 33 heavy (non-hydrogen) atoms. The summed E-state index contributed by atoms with van der Waals surface area (Å²) in [5.74, 6) is -0.189. The van der Waals surface area contributed by atoms with Crippen molar-refractivity contribution in [3.8, 4) is 0 Å². The molecule has 3 aromatic rings. The van der Waals surface area contributed by atoms with Crippen molar-refractivity contribution in [2.45, 2.75) is 25.2 Å². The Morgan fingerprint density at radius 1 is 1.00 bits per heavy atom. The summed E-state index contributed by atoms with van der Waals surface area (Å²) in [5.41, 5.74) is 3.60. The van der Waals surface area contributed by atoms with Gasteiger partial charge in [0.1, 0.15) is 0 Å². The summed E-state index contributed by atoms with van der Waals surface area (Å²) in [7, 11) is 3.42. The van der Waals surface area contributed by atoms with E-state index in [1.165, 1.54) is 37.6 Å². The third kappa shape index (κ3) is 6.10. The highest BCUT2D eigenvalue weighted by Gasteiger charge is 2.23. The molecular formula is C23H31ClN4O3S2. The van der Waals surface area contributed by atoms with E-state index in [0.717, 1.165) is 38.6 Å². The molecule has 1 aromatic heterocycles. The Morgan fingerprint density at radius 3 is 2.21 bits per heavy atom.